The molecule has 2 spiro atoms. The Kier molecular flexibility index (Phi) is 12.1. The second kappa shape index (κ2) is 17.7. The van der Waals surface area contributed by atoms with E-state index in [2.05, 4.69) is 281 Å². The van der Waals surface area contributed by atoms with Gasteiger partial charge in [-0.2, -0.15) is 0 Å². The third kappa shape index (κ3) is 7.72. The smallest absolute Gasteiger partial charge is 0.0247 e. The second-order valence-electron chi connectivity index (χ2n) is 23.1. The van der Waals surface area contributed by atoms with Crippen LogP contribution in [0.1, 0.15) is 126 Å². The summed E-state index contributed by atoms with van der Waals surface area (Å²) in [5.41, 5.74) is 12.9. The van der Waals surface area contributed by atoms with Crippen molar-refractivity contribution < 1.29 is 0 Å². The van der Waals surface area contributed by atoms with Crippen LogP contribution in [0.5, 0.6) is 0 Å². The predicted octanol–water partition coefficient (Wildman–Crippen LogP) is 15.7. The van der Waals surface area contributed by atoms with Gasteiger partial charge in [0.25, 0.3) is 0 Å². The van der Waals surface area contributed by atoms with Gasteiger partial charge in [-0.15, -0.1) is 0 Å². The quantitative estimate of drug-likeness (QED) is 0.146. The minimum absolute atomic E-state index is 0.0484. The van der Waals surface area contributed by atoms with Gasteiger partial charge in [0.2, 0.25) is 0 Å². The van der Waals surface area contributed by atoms with Crippen molar-refractivity contribution in [3.8, 4) is 0 Å². The summed E-state index contributed by atoms with van der Waals surface area (Å²) in [6.07, 6.45) is 4.60. The zero-order chi connectivity index (χ0) is 48.8. The molecule has 0 atom stereocenters. The lowest BCUT2D eigenvalue weighted by molar-refractivity contribution is 0.348. The lowest BCUT2D eigenvalue weighted by Gasteiger charge is -2.36. The van der Waals surface area contributed by atoms with Crippen LogP contribution in [0.3, 0.4) is 0 Å². The van der Waals surface area contributed by atoms with Crippen molar-refractivity contribution in [2.24, 2.45) is 0 Å². The molecule has 0 aromatic heterocycles. The van der Waals surface area contributed by atoms with Crippen molar-refractivity contribution in [3.05, 3.63) is 248 Å². The molecule has 0 bridgehead atoms. The van der Waals surface area contributed by atoms with Crippen LogP contribution in [0.2, 0.25) is 0 Å². The number of halogens is 2. The molecule has 4 aliphatic carbocycles. The zero-order valence-electron chi connectivity index (χ0n) is 42.0. The monoisotopic (exact) mass is 1080 g/mol. The van der Waals surface area contributed by atoms with Gasteiger partial charge in [0.05, 0.1) is 0 Å². The summed E-state index contributed by atoms with van der Waals surface area (Å²) in [5, 5.41) is 8.74. The largest absolute Gasteiger partial charge is 0.0622 e. The number of hydrogen-bond donors (Lipinski definition) is 0. The molecular formula is C66H64Br2P2. The van der Waals surface area contributed by atoms with E-state index < -0.39 is 15.8 Å². The second-order valence-corrected chi connectivity index (χ2v) is 29.2. The van der Waals surface area contributed by atoms with Gasteiger partial charge in [-0.05, 0) is 152 Å². The molecule has 0 heterocycles. The molecule has 0 nitrogen and oxygen atoms in total. The maximum absolute atomic E-state index is 3.88. The van der Waals surface area contributed by atoms with Crippen LogP contribution in [-0.2, 0) is 32.5 Å². The molecule has 8 aromatic carbocycles. The number of fused-ring (bicyclic) bond motifs is 8. The first-order valence-electron chi connectivity index (χ1n) is 25.2. The van der Waals surface area contributed by atoms with Crippen molar-refractivity contribution in [1.29, 1.82) is 0 Å². The van der Waals surface area contributed by atoms with E-state index in [0.717, 1.165) is 12.8 Å². The molecule has 8 aromatic rings. The van der Waals surface area contributed by atoms with Gasteiger partial charge < -0.3 is 0 Å². The van der Waals surface area contributed by atoms with E-state index in [9.17, 15) is 0 Å². The predicted molar refractivity (Wildman–Crippen MR) is 311 cm³/mol. The van der Waals surface area contributed by atoms with Crippen molar-refractivity contribution in [1.82, 2.24) is 0 Å². The minimum Gasteiger partial charge on any atom is -0.0622 e. The molecule has 0 N–H and O–H groups in total. The fraction of sp³-hybridized carbons (Fsp3) is 0.273. The molecule has 0 saturated carbocycles. The highest BCUT2D eigenvalue weighted by molar-refractivity contribution is 9.10. The number of hydrogen-bond acceptors (Lipinski definition) is 0. The average Bonchev–Trinajstić information content (AvgIpc) is 3.92. The molecule has 0 amide bonds. The van der Waals surface area contributed by atoms with Gasteiger partial charge in [0, 0.05) is 19.8 Å². The van der Waals surface area contributed by atoms with Gasteiger partial charge >= 0.3 is 0 Å². The first-order valence-corrected chi connectivity index (χ1v) is 29.4. The third-order valence-corrected chi connectivity index (χ3v) is 22.7. The van der Waals surface area contributed by atoms with E-state index >= 15 is 0 Å². The topological polar surface area (TPSA) is 0 Å². The van der Waals surface area contributed by atoms with Gasteiger partial charge in [0.1, 0.15) is 0 Å². The zero-order valence-corrected chi connectivity index (χ0v) is 46.9. The van der Waals surface area contributed by atoms with Crippen molar-refractivity contribution in [2.45, 2.75) is 114 Å². The van der Waals surface area contributed by atoms with Gasteiger partial charge in [-0.25, -0.2) is 0 Å². The first-order chi connectivity index (χ1) is 33.5. The highest BCUT2D eigenvalue weighted by atomic mass is 79.9. The van der Waals surface area contributed by atoms with Crippen LogP contribution < -0.4 is 31.8 Å². The van der Waals surface area contributed by atoms with Crippen LogP contribution in [0.4, 0.5) is 0 Å². The summed E-state index contributed by atoms with van der Waals surface area (Å²) in [4.78, 5) is 0. The molecule has 0 saturated heterocycles. The van der Waals surface area contributed by atoms with Gasteiger partial charge in [-0.3, -0.25) is 0 Å². The average molecular weight is 1080 g/mol. The lowest BCUT2D eigenvalue weighted by Crippen LogP contribution is -2.36. The molecule has 4 aliphatic rings. The van der Waals surface area contributed by atoms with Gasteiger partial charge in [-0.1, -0.05) is 269 Å². The Morgan fingerprint density at radius 3 is 0.814 bits per heavy atom. The Bertz CT molecular complexity index is 2940. The van der Waals surface area contributed by atoms with E-state index in [0.29, 0.717) is 0 Å². The van der Waals surface area contributed by atoms with E-state index in [1.54, 1.807) is 11.1 Å². The Hall–Kier alpha value is -4.42. The molecule has 4 heteroatoms. The van der Waals surface area contributed by atoms with E-state index in [4.69, 9.17) is 0 Å². The maximum atomic E-state index is 3.88. The molecule has 0 aliphatic heterocycles. The van der Waals surface area contributed by atoms with Crippen LogP contribution >= 0.6 is 47.7 Å². The summed E-state index contributed by atoms with van der Waals surface area (Å²) < 4.78 is 2.53. The van der Waals surface area contributed by atoms with Crippen molar-refractivity contribution in [2.75, 3.05) is 0 Å². The number of benzene rings is 8. The molecule has 0 unspecified atom stereocenters. The molecule has 0 radical (unpaired) electrons. The fourth-order valence-electron chi connectivity index (χ4n) is 14.4. The summed E-state index contributed by atoms with van der Waals surface area (Å²) in [6.45, 7) is 19.6. The number of rotatable bonds is 6. The molecule has 352 valence electrons. The highest BCUT2D eigenvalue weighted by Gasteiger charge is 2.60. The summed E-state index contributed by atoms with van der Waals surface area (Å²) in [5.74, 6) is 0. The van der Waals surface area contributed by atoms with E-state index in [1.807, 2.05) is 0 Å². The molecule has 12 rings (SSSR count). The Balaban J connectivity index is 0.000000193. The molecular weight excluding hydrogens is 1010 g/mol. The van der Waals surface area contributed by atoms with E-state index in [1.165, 1.54) is 87.0 Å². The Labute approximate surface area is 437 Å². The van der Waals surface area contributed by atoms with Gasteiger partial charge in [0.15, 0.2) is 0 Å². The van der Waals surface area contributed by atoms with Crippen molar-refractivity contribution in [3.63, 3.8) is 0 Å². The minimum atomic E-state index is -0.760. The van der Waals surface area contributed by atoms with Crippen molar-refractivity contribution >= 4 is 79.5 Å². The third-order valence-electron chi connectivity index (χ3n) is 16.5. The lowest BCUT2D eigenvalue weighted by atomic mass is 9.72. The molecule has 0 fully saturated rings. The Morgan fingerprint density at radius 1 is 0.286 bits per heavy atom. The van der Waals surface area contributed by atoms with Crippen LogP contribution in [0, 0.1) is 0 Å². The summed E-state index contributed by atoms with van der Waals surface area (Å²) in [6, 6.07) is 73.2. The van der Waals surface area contributed by atoms with E-state index in [-0.39, 0.29) is 32.5 Å². The normalized spacial score (nSPS) is 18.6. The van der Waals surface area contributed by atoms with Crippen LogP contribution in [0.25, 0.3) is 0 Å². The first kappa shape index (κ1) is 47.9. The SMILES string of the molecule is CC1(C)CC2(CC(C)(C)c3cccc(Br)c32)c2c(Br)cccc21.CC1(C)CC2(CC(C)(C)c3cccc(P(c4ccccc4)c4ccccc4)c32)c2c(P(c3ccccc3)c3ccccc3)cccc21. The summed E-state index contributed by atoms with van der Waals surface area (Å²) in [7, 11) is -1.52. The highest BCUT2D eigenvalue weighted by Crippen LogP contribution is 2.66. The summed E-state index contributed by atoms with van der Waals surface area (Å²) >= 11 is 7.77. The standard InChI is InChI=1S/C45H42P2.C21H22Br2/c1-43(2)31-45(41-37(43)27-17-29-39(41)46(33-19-9-5-10-20-33)34-21-11-6-12-22-34)32-44(3,4)38-28-18-30-40(42(38)45)47(35-23-13-7-14-24-35)36-25-15-8-16-26-36;1-19(2)11-21(17-13(19)7-5-9-15(17)22)12-20(3,4)14-8-6-10-16(23)18(14)21/h5-30H,31-32H2,1-4H3;5-10H,11-12H2,1-4H3. The fourth-order valence-corrected chi connectivity index (χ4v) is 21.0. The molecule has 70 heavy (non-hydrogen) atoms. The van der Waals surface area contributed by atoms with Crippen LogP contribution in [-0.4, -0.2) is 0 Å². The Morgan fingerprint density at radius 2 is 0.529 bits per heavy atom. The van der Waals surface area contributed by atoms with Crippen LogP contribution in [0.15, 0.2) is 203 Å². The maximum Gasteiger partial charge on any atom is 0.0247 e.